The van der Waals surface area contributed by atoms with Crippen molar-refractivity contribution >= 4 is 23.6 Å². The zero-order valence-corrected chi connectivity index (χ0v) is 14.2. The number of aromatic nitrogens is 2. The maximum Gasteiger partial charge on any atom is 0.312 e. The van der Waals surface area contributed by atoms with Gasteiger partial charge in [0.2, 0.25) is 5.91 Å². The van der Waals surface area contributed by atoms with Crippen LogP contribution in [0.1, 0.15) is 23.7 Å². The van der Waals surface area contributed by atoms with Gasteiger partial charge in [-0.2, -0.15) is 5.10 Å². The molecule has 2 atom stereocenters. The van der Waals surface area contributed by atoms with Crippen LogP contribution in [0.25, 0.3) is 0 Å². The number of carboxylic acid groups (broad SMARTS) is 1. The summed E-state index contributed by atoms with van der Waals surface area (Å²) in [5.74, 6) is -2.90. The molecule has 1 aromatic carbocycles. The summed E-state index contributed by atoms with van der Waals surface area (Å²) in [7, 11) is 0. The SMILES string of the molecule is NC(=O)NC(CC(=O)N1CC(C(=O)O)Cc2[nH]ncc21)c1ccccc1F. The maximum atomic E-state index is 14.1. The van der Waals surface area contributed by atoms with Crippen molar-refractivity contribution in [3.63, 3.8) is 0 Å². The molecular weight excluding hydrogens is 357 g/mol. The third kappa shape index (κ3) is 3.89. The summed E-state index contributed by atoms with van der Waals surface area (Å²) < 4.78 is 14.1. The normalized spacial score (nSPS) is 17.1. The number of nitrogens with one attached hydrogen (secondary N) is 2. The van der Waals surface area contributed by atoms with Gasteiger partial charge < -0.3 is 21.1 Å². The number of carbonyl (C=O) groups excluding carboxylic acids is 2. The Morgan fingerprint density at radius 1 is 1.41 bits per heavy atom. The van der Waals surface area contributed by atoms with E-state index in [4.69, 9.17) is 5.73 Å². The molecule has 2 heterocycles. The van der Waals surface area contributed by atoms with Crippen molar-refractivity contribution in [2.45, 2.75) is 18.9 Å². The molecule has 1 aromatic heterocycles. The first-order valence-corrected chi connectivity index (χ1v) is 8.22. The van der Waals surface area contributed by atoms with E-state index in [0.29, 0.717) is 11.4 Å². The zero-order chi connectivity index (χ0) is 19.6. The van der Waals surface area contributed by atoms with Crippen molar-refractivity contribution in [3.05, 3.63) is 47.5 Å². The minimum atomic E-state index is -1.03. The number of aliphatic carboxylic acids is 1. The zero-order valence-electron chi connectivity index (χ0n) is 14.2. The minimum absolute atomic E-state index is 0.0404. The van der Waals surface area contributed by atoms with Crippen LogP contribution in [0.5, 0.6) is 0 Å². The summed E-state index contributed by atoms with van der Waals surface area (Å²) in [6.45, 7) is -0.0404. The molecule has 2 unspecified atom stereocenters. The Hall–Kier alpha value is -3.43. The smallest absolute Gasteiger partial charge is 0.312 e. The van der Waals surface area contributed by atoms with E-state index in [1.54, 1.807) is 6.07 Å². The predicted molar refractivity (Wildman–Crippen MR) is 92.2 cm³/mol. The molecule has 1 aliphatic rings. The number of benzene rings is 1. The monoisotopic (exact) mass is 375 g/mol. The largest absolute Gasteiger partial charge is 0.481 e. The summed E-state index contributed by atoms with van der Waals surface area (Å²) >= 11 is 0. The van der Waals surface area contributed by atoms with Gasteiger partial charge in [-0.3, -0.25) is 14.7 Å². The van der Waals surface area contributed by atoms with Crippen molar-refractivity contribution in [3.8, 4) is 0 Å². The average molecular weight is 375 g/mol. The first-order valence-electron chi connectivity index (χ1n) is 8.22. The molecule has 10 heteroatoms. The molecule has 27 heavy (non-hydrogen) atoms. The van der Waals surface area contributed by atoms with E-state index in [1.807, 2.05) is 0 Å². The van der Waals surface area contributed by atoms with Crippen molar-refractivity contribution in [2.24, 2.45) is 11.7 Å². The molecule has 0 radical (unpaired) electrons. The van der Waals surface area contributed by atoms with Gasteiger partial charge in [-0.05, 0) is 6.07 Å². The van der Waals surface area contributed by atoms with Crippen LogP contribution >= 0.6 is 0 Å². The van der Waals surface area contributed by atoms with Crippen LogP contribution in [-0.4, -0.2) is 39.8 Å². The number of urea groups is 1. The lowest BCUT2D eigenvalue weighted by atomic mass is 9.96. The van der Waals surface area contributed by atoms with Crippen LogP contribution in [0.2, 0.25) is 0 Å². The lowest BCUT2D eigenvalue weighted by Crippen LogP contribution is -2.44. The number of nitrogens with zero attached hydrogens (tertiary/aromatic N) is 2. The fraction of sp³-hybridized carbons (Fsp3) is 0.294. The average Bonchev–Trinajstić information content (AvgIpc) is 3.08. The number of nitrogens with two attached hydrogens (primary N) is 1. The quantitative estimate of drug-likeness (QED) is 0.615. The van der Waals surface area contributed by atoms with Gasteiger partial charge in [-0.15, -0.1) is 0 Å². The Balaban J connectivity index is 1.86. The number of halogens is 1. The van der Waals surface area contributed by atoms with Gasteiger partial charge in [0.25, 0.3) is 0 Å². The van der Waals surface area contributed by atoms with Crippen LogP contribution < -0.4 is 16.0 Å². The maximum absolute atomic E-state index is 14.1. The summed E-state index contributed by atoms with van der Waals surface area (Å²) in [5, 5.41) is 18.3. The summed E-state index contributed by atoms with van der Waals surface area (Å²) in [4.78, 5) is 36.9. The van der Waals surface area contributed by atoms with Gasteiger partial charge in [0.05, 0.1) is 36.0 Å². The van der Waals surface area contributed by atoms with E-state index in [1.165, 1.54) is 29.3 Å². The summed E-state index contributed by atoms with van der Waals surface area (Å²) in [6, 6.07) is 3.84. The van der Waals surface area contributed by atoms with Crippen molar-refractivity contribution in [2.75, 3.05) is 11.4 Å². The third-order valence-corrected chi connectivity index (χ3v) is 4.47. The molecule has 1 aliphatic heterocycles. The van der Waals surface area contributed by atoms with Gasteiger partial charge in [0, 0.05) is 18.5 Å². The number of hydrogen-bond acceptors (Lipinski definition) is 4. The number of H-pyrrole nitrogens is 1. The molecule has 0 fully saturated rings. The number of hydrogen-bond donors (Lipinski definition) is 4. The van der Waals surface area contributed by atoms with Crippen LogP contribution in [0.3, 0.4) is 0 Å². The van der Waals surface area contributed by atoms with Crippen LogP contribution in [0, 0.1) is 11.7 Å². The Morgan fingerprint density at radius 2 is 2.15 bits per heavy atom. The number of fused-ring (bicyclic) bond motifs is 1. The minimum Gasteiger partial charge on any atom is -0.481 e. The molecule has 0 bridgehead atoms. The Bertz CT molecular complexity index is 884. The molecule has 9 nitrogen and oxygen atoms in total. The number of rotatable bonds is 5. The molecule has 3 rings (SSSR count). The molecule has 142 valence electrons. The van der Waals surface area contributed by atoms with Gasteiger partial charge >= 0.3 is 12.0 Å². The first kappa shape index (κ1) is 18.4. The van der Waals surface area contributed by atoms with Crippen LogP contribution in [-0.2, 0) is 16.0 Å². The van der Waals surface area contributed by atoms with Gasteiger partial charge in [-0.25, -0.2) is 9.18 Å². The highest BCUT2D eigenvalue weighted by atomic mass is 19.1. The van der Waals surface area contributed by atoms with E-state index in [-0.39, 0.29) is 24.9 Å². The van der Waals surface area contributed by atoms with Crippen molar-refractivity contribution < 1.29 is 23.9 Å². The lowest BCUT2D eigenvalue weighted by molar-refractivity contribution is -0.141. The van der Waals surface area contributed by atoms with E-state index >= 15 is 0 Å². The van der Waals surface area contributed by atoms with Gasteiger partial charge in [-0.1, -0.05) is 18.2 Å². The Kier molecular flexibility index (Phi) is 5.06. The van der Waals surface area contributed by atoms with Gasteiger partial charge in [0.1, 0.15) is 5.82 Å². The highest BCUT2D eigenvalue weighted by Gasteiger charge is 2.34. The highest BCUT2D eigenvalue weighted by Crippen LogP contribution is 2.30. The number of aromatic amines is 1. The summed E-state index contributed by atoms with van der Waals surface area (Å²) in [5.41, 5.74) is 6.29. The number of primary amides is 1. The number of carboxylic acids is 1. The molecule has 2 aromatic rings. The van der Waals surface area contributed by atoms with E-state index in [9.17, 15) is 23.9 Å². The standard InChI is InChI=1S/C17H18FN5O4/c18-11-4-2-1-3-10(11)12(21-17(19)27)6-15(24)23-8-9(16(25)26)5-13-14(23)7-20-22-13/h1-4,7,9,12H,5-6,8H2,(H,20,22)(H,25,26)(H3,19,21,27). The van der Waals surface area contributed by atoms with E-state index in [2.05, 4.69) is 15.5 Å². The predicted octanol–water partition coefficient (Wildman–Crippen LogP) is 0.938. The summed E-state index contributed by atoms with van der Waals surface area (Å²) in [6.07, 6.45) is 1.37. The van der Waals surface area contributed by atoms with Crippen LogP contribution in [0.15, 0.2) is 30.5 Å². The molecule has 0 saturated carbocycles. The second kappa shape index (κ2) is 7.44. The number of amides is 3. The lowest BCUT2D eigenvalue weighted by Gasteiger charge is -2.31. The molecule has 3 amide bonds. The van der Waals surface area contributed by atoms with Crippen molar-refractivity contribution in [1.29, 1.82) is 0 Å². The van der Waals surface area contributed by atoms with Crippen molar-refractivity contribution in [1.82, 2.24) is 15.5 Å². The molecule has 0 spiro atoms. The molecule has 5 N–H and O–H groups in total. The van der Waals surface area contributed by atoms with E-state index in [0.717, 1.165) is 0 Å². The van der Waals surface area contributed by atoms with Gasteiger partial charge in [0.15, 0.2) is 0 Å². The van der Waals surface area contributed by atoms with E-state index < -0.39 is 35.7 Å². The fourth-order valence-electron chi connectivity index (χ4n) is 3.17. The number of carbonyl (C=O) groups is 3. The number of anilines is 1. The molecule has 0 aliphatic carbocycles. The molecule has 0 saturated heterocycles. The second-order valence-electron chi connectivity index (χ2n) is 6.26. The second-order valence-corrected chi connectivity index (χ2v) is 6.26. The van der Waals surface area contributed by atoms with Crippen LogP contribution in [0.4, 0.5) is 14.9 Å². The fourth-order valence-corrected chi connectivity index (χ4v) is 3.17. The highest BCUT2D eigenvalue weighted by molar-refractivity contribution is 5.96. The third-order valence-electron chi connectivity index (χ3n) is 4.47. The first-order chi connectivity index (χ1) is 12.9. The molecular formula is C17H18FN5O4. The topological polar surface area (TPSA) is 141 Å². The Morgan fingerprint density at radius 3 is 2.81 bits per heavy atom. The Labute approximate surface area is 153 Å².